The lowest BCUT2D eigenvalue weighted by atomic mass is 10.2. The second-order valence-corrected chi connectivity index (χ2v) is 6.39. The van der Waals surface area contributed by atoms with E-state index in [4.69, 9.17) is 16.3 Å². The van der Waals surface area contributed by atoms with E-state index in [1.54, 1.807) is 5.01 Å². The fraction of sp³-hybridized carbons (Fsp3) is 0.714. The number of carbonyl (C=O) groups excluding carboxylic acids is 1. The number of hydrogen-bond donors (Lipinski definition) is 1. The van der Waals surface area contributed by atoms with Gasteiger partial charge in [-0.05, 0) is 19.8 Å². The molecule has 0 aromatic carbocycles. The molecule has 2 fully saturated rings. The molecule has 6 nitrogen and oxygen atoms in total. The molecule has 1 amide bonds. The van der Waals surface area contributed by atoms with E-state index in [0.29, 0.717) is 32.0 Å². The Morgan fingerprint density at radius 2 is 2.00 bits per heavy atom. The number of alkyl halides is 3. The molecule has 0 unspecified atom stereocenters. The Morgan fingerprint density at radius 3 is 2.54 bits per heavy atom. The summed E-state index contributed by atoms with van der Waals surface area (Å²) in [5, 5.41) is 4.91. The van der Waals surface area contributed by atoms with Gasteiger partial charge in [-0.3, -0.25) is 14.9 Å². The van der Waals surface area contributed by atoms with E-state index >= 15 is 0 Å². The van der Waals surface area contributed by atoms with Gasteiger partial charge in [0.1, 0.15) is 6.04 Å². The Morgan fingerprint density at radius 1 is 1.38 bits per heavy atom. The average molecular weight is 367 g/mol. The third kappa shape index (κ3) is 3.52. The number of rotatable bonds is 4. The van der Waals surface area contributed by atoms with E-state index in [1.807, 2.05) is 0 Å². The fourth-order valence-electron chi connectivity index (χ4n) is 2.66. The van der Waals surface area contributed by atoms with Crippen molar-refractivity contribution in [2.75, 3.05) is 26.3 Å². The monoisotopic (exact) mass is 366 g/mol. The van der Waals surface area contributed by atoms with E-state index in [-0.39, 0.29) is 5.92 Å². The summed E-state index contributed by atoms with van der Waals surface area (Å²) in [5.74, 6) is -0.494. The maximum atomic E-state index is 13.1. The van der Waals surface area contributed by atoms with E-state index in [1.165, 1.54) is 6.92 Å². The van der Waals surface area contributed by atoms with Gasteiger partial charge in [0, 0.05) is 19.0 Å². The molecule has 2 heterocycles. The number of amides is 1. The molecule has 1 atom stereocenters. The minimum absolute atomic E-state index is 0.0697. The SMILES string of the molecule is C[C@H](C(=O)NN1CCOCC1)n1nc(C(F)(F)F)c(Cl)c1C1CC1. The molecule has 24 heavy (non-hydrogen) atoms. The van der Waals surface area contributed by atoms with Gasteiger partial charge in [0.25, 0.3) is 5.91 Å². The van der Waals surface area contributed by atoms with Crippen LogP contribution in [0.25, 0.3) is 0 Å². The summed E-state index contributed by atoms with van der Waals surface area (Å²) in [4.78, 5) is 12.4. The normalized spacial score (nSPS) is 20.9. The topological polar surface area (TPSA) is 59.4 Å². The molecule has 1 aromatic rings. The van der Waals surface area contributed by atoms with Gasteiger partial charge in [0.05, 0.1) is 23.9 Å². The van der Waals surface area contributed by atoms with Crippen molar-refractivity contribution in [3.8, 4) is 0 Å². The highest BCUT2D eigenvalue weighted by Crippen LogP contribution is 2.47. The molecule has 0 spiro atoms. The summed E-state index contributed by atoms with van der Waals surface area (Å²) in [5.41, 5.74) is 1.87. The van der Waals surface area contributed by atoms with Crippen LogP contribution in [-0.2, 0) is 15.7 Å². The van der Waals surface area contributed by atoms with Crippen molar-refractivity contribution < 1.29 is 22.7 Å². The van der Waals surface area contributed by atoms with Gasteiger partial charge >= 0.3 is 6.18 Å². The number of halogens is 4. The molecule has 2 aliphatic rings. The third-order valence-corrected chi connectivity index (χ3v) is 4.52. The van der Waals surface area contributed by atoms with E-state index in [9.17, 15) is 18.0 Å². The molecule has 1 aliphatic heterocycles. The zero-order valence-corrected chi connectivity index (χ0v) is 13.8. The average Bonchev–Trinajstić information content (AvgIpc) is 3.29. The number of ether oxygens (including phenoxy) is 1. The van der Waals surface area contributed by atoms with E-state index in [2.05, 4.69) is 10.5 Å². The molecule has 10 heteroatoms. The molecular weight excluding hydrogens is 349 g/mol. The molecule has 0 bridgehead atoms. The number of hydrogen-bond acceptors (Lipinski definition) is 4. The van der Waals surface area contributed by atoms with Crippen LogP contribution >= 0.6 is 11.6 Å². The lowest BCUT2D eigenvalue weighted by Crippen LogP contribution is -2.50. The molecule has 0 radical (unpaired) electrons. The number of morpholine rings is 1. The Balaban J connectivity index is 1.83. The van der Waals surface area contributed by atoms with Crippen molar-refractivity contribution in [1.29, 1.82) is 0 Å². The zero-order chi connectivity index (χ0) is 17.5. The standard InChI is InChI=1S/C14H18ClF3N4O2/c1-8(13(23)20-21-4-6-24-7-5-21)22-11(9-2-3-9)10(15)12(19-22)14(16,17)18/h8-9H,2-7H2,1H3,(H,20,23)/t8-/m1/s1. The summed E-state index contributed by atoms with van der Waals surface area (Å²) in [6.45, 7) is 3.57. The van der Waals surface area contributed by atoms with Gasteiger partial charge in [0.15, 0.2) is 5.69 Å². The Bertz CT molecular complexity index is 624. The smallest absolute Gasteiger partial charge is 0.379 e. The minimum Gasteiger partial charge on any atom is -0.379 e. The largest absolute Gasteiger partial charge is 0.436 e. The maximum absolute atomic E-state index is 13.1. The zero-order valence-electron chi connectivity index (χ0n) is 13.1. The Labute approximate surface area is 141 Å². The van der Waals surface area contributed by atoms with Crippen LogP contribution in [0.4, 0.5) is 13.2 Å². The summed E-state index contributed by atoms with van der Waals surface area (Å²) >= 11 is 5.93. The predicted molar refractivity (Wildman–Crippen MR) is 79.5 cm³/mol. The summed E-state index contributed by atoms with van der Waals surface area (Å²) < 4.78 is 45.6. The second kappa shape index (κ2) is 6.53. The van der Waals surface area contributed by atoms with Gasteiger partial charge < -0.3 is 4.74 Å². The quantitative estimate of drug-likeness (QED) is 0.888. The highest BCUT2D eigenvalue weighted by Gasteiger charge is 2.43. The molecule has 1 aliphatic carbocycles. The first-order valence-electron chi connectivity index (χ1n) is 7.77. The second-order valence-electron chi connectivity index (χ2n) is 6.02. The van der Waals surface area contributed by atoms with Crippen molar-refractivity contribution in [3.05, 3.63) is 16.4 Å². The predicted octanol–water partition coefficient (Wildman–Crippen LogP) is 2.36. The van der Waals surface area contributed by atoms with Crippen LogP contribution in [0.3, 0.4) is 0 Å². The van der Waals surface area contributed by atoms with Crippen LogP contribution < -0.4 is 5.43 Å². The third-order valence-electron chi connectivity index (χ3n) is 4.15. The molecule has 1 saturated heterocycles. The van der Waals surface area contributed by atoms with E-state index in [0.717, 1.165) is 17.5 Å². The first kappa shape index (κ1) is 17.5. The van der Waals surface area contributed by atoms with Gasteiger partial charge in [-0.15, -0.1) is 0 Å². The fourth-order valence-corrected chi connectivity index (χ4v) is 3.05. The first-order valence-corrected chi connectivity index (χ1v) is 8.15. The Hall–Kier alpha value is -1.32. The van der Waals surface area contributed by atoms with Crippen molar-refractivity contribution in [2.45, 2.75) is 37.9 Å². The van der Waals surface area contributed by atoms with Crippen LogP contribution in [0, 0.1) is 0 Å². The lowest BCUT2D eigenvalue weighted by molar-refractivity contribution is -0.142. The summed E-state index contributed by atoms with van der Waals surface area (Å²) in [6, 6.07) is -0.892. The summed E-state index contributed by atoms with van der Waals surface area (Å²) in [6.07, 6.45) is -3.15. The first-order chi connectivity index (χ1) is 11.3. The lowest BCUT2D eigenvalue weighted by Gasteiger charge is -2.28. The number of aromatic nitrogens is 2. The van der Waals surface area contributed by atoms with Crippen molar-refractivity contribution >= 4 is 17.5 Å². The van der Waals surface area contributed by atoms with Gasteiger partial charge in [-0.2, -0.15) is 18.3 Å². The van der Waals surface area contributed by atoms with Crippen molar-refractivity contribution in [1.82, 2.24) is 20.2 Å². The highest BCUT2D eigenvalue weighted by atomic mass is 35.5. The molecular formula is C14H18ClF3N4O2. The van der Waals surface area contributed by atoms with Crippen molar-refractivity contribution in [3.63, 3.8) is 0 Å². The number of carbonyl (C=O) groups is 1. The summed E-state index contributed by atoms with van der Waals surface area (Å²) in [7, 11) is 0. The van der Waals surface area contributed by atoms with Crippen molar-refractivity contribution in [2.24, 2.45) is 0 Å². The number of nitrogens with one attached hydrogen (secondary N) is 1. The van der Waals surface area contributed by atoms with Gasteiger partial charge in [0.2, 0.25) is 0 Å². The van der Waals surface area contributed by atoms with E-state index < -0.39 is 28.8 Å². The number of nitrogens with zero attached hydrogens (tertiary/aromatic N) is 3. The van der Waals surface area contributed by atoms with Crippen LogP contribution in [-0.4, -0.2) is 47.0 Å². The molecule has 1 N–H and O–H groups in total. The minimum atomic E-state index is -4.65. The molecule has 1 aromatic heterocycles. The van der Waals surface area contributed by atoms with Gasteiger partial charge in [-0.1, -0.05) is 11.6 Å². The van der Waals surface area contributed by atoms with Crippen LogP contribution in [0.1, 0.15) is 43.1 Å². The highest BCUT2D eigenvalue weighted by molar-refractivity contribution is 6.32. The Kier molecular flexibility index (Phi) is 4.76. The van der Waals surface area contributed by atoms with Crippen LogP contribution in [0.15, 0.2) is 0 Å². The molecule has 3 rings (SSSR count). The number of hydrazine groups is 1. The molecule has 134 valence electrons. The maximum Gasteiger partial charge on any atom is 0.436 e. The van der Waals surface area contributed by atoms with Gasteiger partial charge in [-0.25, -0.2) is 5.01 Å². The van der Waals surface area contributed by atoms with Crippen LogP contribution in [0.2, 0.25) is 5.02 Å². The molecule has 1 saturated carbocycles. The van der Waals surface area contributed by atoms with Crippen LogP contribution in [0.5, 0.6) is 0 Å².